The number of benzene rings is 2. The molecule has 2 aromatic carbocycles. The molecule has 1 atom stereocenters. The molecule has 0 saturated heterocycles. The Balaban J connectivity index is 2.20. The van der Waals surface area contributed by atoms with Gasteiger partial charge in [0.15, 0.2) is 11.5 Å². The van der Waals surface area contributed by atoms with Gasteiger partial charge in [0, 0.05) is 24.5 Å². The number of halogens is 1. The lowest BCUT2D eigenvalue weighted by molar-refractivity contribution is -0.141. The van der Waals surface area contributed by atoms with Crippen molar-refractivity contribution < 1.29 is 19.1 Å². The molecule has 0 aromatic heterocycles. The molecule has 168 valence electrons. The number of ether oxygens (including phenoxy) is 2. The Bertz CT molecular complexity index is 870. The lowest BCUT2D eigenvalue weighted by Crippen LogP contribution is -2.49. The minimum Gasteiger partial charge on any atom is -0.493 e. The monoisotopic (exact) mass is 446 g/mol. The molecule has 1 N–H and O–H groups in total. The first-order valence-electron chi connectivity index (χ1n) is 10.5. The van der Waals surface area contributed by atoms with E-state index in [1.165, 1.54) is 0 Å². The van der Waals surface area contributed by atoms with Crippen LogP contribution in [0.2, 0.25) is 5.02 Å². The lowest BCUT2D eigenvalue weighted by atomic mass is 10.1. The average Bonchev–Trinajstić information content (AvgIpc) is 2.78. The van der Waals surface area contributed by atoms with Crippen LogP contribution in [0, 0.1) is 0 Å². The molecule has 2 rings (SSSR count). The van der Waals surface area contributed by atoms with Crippen molar-refractivity contribution in [3.8, 4) is 11.5 Å². The minimum absolute atomic E-state index is 0.0807. The van der Waals surface area contributed by atoms with E-state index in [4.69, 9.17) is 21.1 Å². The number of rotatable bonds is 11. The van der Waals surface area contributed by atoms with E-state index in [-0.39, 0.29) is 18.2 Å². The summed E-state index contributed by atoms with van der Waals surface area (Å²) < 4.78 is 10.6. The van der Waals surface area contributed by atoms with E-state index < -0.39 is 6.04 Å². The molecule has 0 aliphatic carbocycles. The second kappa shape index (κ2) is 12.2. The van der Waals surface area contributed by atoms with Crippen LogP contribution < -0.4 is 14.8 Å². The molecule has 0 saturated carbocycles. The van der Waals surface area contributed by atoms with Crippen LogP contribution in [0.1, 0.15) is 37.8 Å². The van der Waals surface area contributed by atoms with Gasteiger partial charge in [0.05, 0.1) is 14.2 Å². The van der Waals surface area contributed by atoms with Gasteiger partial charge in [-0.1, -0.05) is 36.7 Å². The quantitative estimate of drug-likeness (QED) is 0.560. The number of amides is 2. The second-order valence-electron chi connectivity index (χ2n) is 7.16. The zero-order chi connectivity index (χ0) is 22.8. The van der Waals surface area contributed by atoms with Crippen LogP contribution in [0.5, 0.6) is 11.5 Å². The van der Waals surface area contributed by atoms with Gasteiger partial charge < -0.3 is 19.7 Å². The van der Waals surface area contributed by atoms with Crippen molar-refractivity contribution in [2.45, 2.75) is 45.7 Å². The van der Waals surface area contributed by atoms with Gasteiger partial charge in [-0.2, -0.15) is 0 Å². The molecule has 0 heterocycles. The summed E-state index contributed by atoms with van der Waals surface area (Å²) in [7, 11) is 3.17. The van der Waals surface area contributed by atoms with Gasteiger partial charge in [-0.3, -0.25) is 9.59 Å². The molecular weight excluding hydrogens is 416 g/mol. The Morgan fingerprint density at radius 1 is 1.00 bits per heavy atom. The van der Waals surface area contributed by atoms with Gasteiger partial charge in [0.1, 0.15) is 6.04 Å². The van der Waals surface area contributed by atoms with Gasteiger partial charge in [0.25, 0.3) is 0 Å². The van der Waals surface area contributed by atoms with Crippen LogP contribution in [0.4, 0.5) is 0 Å². The molecule has 6 nitrogen and oxygen atoms in total. The van der Waals surface area contributed by atoms with E-state index in [9.17, 15) is 9.59 Å². The van der Waals surface area contributed by atoms with Crippen LogP contribution in [0.15, 0.2) is 42.5 Å². The highest BCUT2D eigenvalue weighted by Gasteiger charge is 2.28. The molecule has 0 aliphatic heterocycles. The summed E-state index contributed by atoms with van der Waals surface area (Å²) in [5.74, 6) is 1.05. The van der Waals surface area contributed by atoms with E-state index >= 15 is 0 Å². The maximum atomic E-state index is 13.2. The molecule has 0 aliphatic rings. The fourth-order valence-electron chi connectivity index (χ4n) is 3.43. The number of hydrogen-bond acceptors (Lipinski definition) is 4. The van der Waals surface area contributed by atoms with Crippen molar-refractivity contribution in [1.29, 1.82) is 0 Å². The molecular formula is C24H31ClN2O4. The van der Waals surface area contributed by atoms with E-state index in [0.717, 1.165) is 11.1 Å². The Morgan fingerprint density at radius 2 is 1.65 bits per heavy atom. The molecule has 0 spiro atoms. The van der Waals surface area contributed by atoms with Gasteiger partial charge in [-0.05, 0) is 55.2 Å². The molecule has 0 radical (unpaired) electrons. The number of carbonyl (C=O) groups excluding carboxylic acids is 2. The predicted molar refractivity (Wildman–Crippen MR) is 123 cm³/mol. The maximum Gasteiger partial charge on any atom is 0.242 e. The average molecular weight is 447 g/mol. The zero-order valence-electron chi connectivity index (χ0n) is 18.6. The Hall–Kier alpha value is -2.73. The van der Waals surface area contributed by atoms with Crippen molar-refractivity contribution in [3.05, 3.63) is 58.6 Å². The topological polar surface area (TPSA) is 67.9 Å². The van der Waals surface area contributed by atoms with Gasteiger partial charge in [0.2, 0.25) is 11.8 Å². The van der Waals surface area contributed by atoms with Crippen molar-refractivity contribution in [2.75, 3.05) is 20.8 Å². The summed E-state index contributed by atoms with van der Waals surface area (Å²) in [4.78, 5) is 27.5. The van der Waals surface area contributed by atoms with Gasteiger partial charge in [-0.15, -0.1) is 0 Å². The first-order chi connectivity index (χ1) is 14.9. The molecule has 2 amide bonds. The van der Waals surface area contributed by atoms with Crippen LogP contribution in [-0.2, 0) is 22.6 Å². The number of hydrogen-bond donors (Lipinski definition) is 1. The molecule has 0 bridgehead atoms. The van der Waals surface area contributed by atoms with Crippen LogP contribution in [-0.4, -0.2) is 43.5 Å². The summed E-state index contributed by atoms with van der Waals surface area (Å²) in [6.45, 7) is 4.64. The molecule has 7 heteroatoms. The summed E-state index contributed by atoms with van der Waals surface area (Å²) in [6, 6.07) is 12.4. The van der Waals surface area contributed by atoms with Gasteiger partial charge >= 0.3 is 0 Å². The van der Waals surface area contributed by atoms with Crippen molar-refractivity contribution in [2.24, 2.45) is 0 Å². The minimum atomic E-state index is -0.534. The Morgan fingerprint density at radius 3 is 2.23 bits per heavy atom. The normalized spacial score (nSPS) is 11.5. The fraction of sp³-hybridized carbons (Fsp3) is 0.417. The smallest absolute Gasteiger partial charge is 0.242 e. The van der Waals surface area contributed by atoms with Crippen molar-refractivity contribution in [3.63, 3.8) is 0 Å². The summed E-state index contributed by atoms with van der Waals surface area (Å²) in [6.07, 6.45) is 1.34. The molecule has 1 unspecified atom stereocenters. The molecule has 0 fully saturated rings. The molecule has 2 aromatic rings. The van der Waals surface area contributed by atoms with Crippen LogP contribution >= 0.6 is 11.6 Å². The number of methoxy groups -OCH3 is 2. The Kier molecular flexibility index (Phi) is 9.66. The standard InChI is InChI=1S/C24H31ClN2O4/c1-5-20(24(29)26-6-2)27(16-18-7-11-19(25)12-8-18)23(28)14-10-17-9-13-21(30-3)22(15-17)31-4/h7-9,11-13,15,20H,5-6,10,14,16H2,1-4H3,(H,26,29). The highest BCUT2D eigenvalue weighted by atomic mass is 35.5. The van der Waals surface area contributed by atoms with Crippen molar-refractivity contribution in [1.82, 2.24) is 10.2 Å². The fourth-order valence-corrected chi connectivity index (χ4v) is 3.56. The van der Waals surface area contributed by atoms with E-state index in [0.29, 0.717) is 42.5 Å². The third kappa shape index (κ3) is 6.89. The Labute approximate surface area is 189 Å². The molecule has 31 heavy (non-hydrogen) atoms. The van der Waals surface area contributed by atoms with E-state index in [1.807, 2.05) is 44.2 Å². The lowest BCUT2D eigenvalue weighted by Gasteiger charge is -2.30. The summed E-state index contributed by atoms with van der Waals surface area (Å²) in [5.41, 5.74) is 1.88. The number of nitrogens with zero attached hydrogens (tertiary/aromatic N) is 1. The second-order valence-corrected chi connectivity index (χ2v) is 7.59. The summed E-state index contributed by atoms with van der Waals surface area (Å²) >= 11 is 5.99. The first kappa shape index (κ1) is 24.5. The van der Waals surface area contributed by atoms with E-state index in [1.54, 1.807) is 31.3 Å². The van der Waals surface area contributed by atoms with Crippen LogP contribution in [0.3, 0.4) is 0 Å². The maximum absolute atomic E-state index is 13.2. The highest BCUT2D eigenvalue weighted by molar-refractivity contribution is 6.30. The third-order valence-electron chi connectivity index (χ3n) is 5.08. The third-order valence-corrected chi connectivity index (χ3v) is 5.33. The SMILES string of the molecule is CCNC(=O)C(CC)N(Cc1ccc(Cl)cc1)C(=O)CCc1ccc(OC)c(OC)c1. The number of carbonyl (C=O) groups is 2. The number of nitrogens with one attached hydrogen (secondary N) is 1. The number of aryl methyl sites for hydroxylation is 1. The zero-order valence-corrected chi connectivity index (χ0v) is 19.4. The van der Waals surface area contributed by atoms with Gasteiger partial charge in [-0.25, -0.2) is 0 Å². The van der Waals surface area contributed by atoms with Crippen molar-refractivity contribution >= 4 is 23.4 Å². The largest absolute Gasteiger partial charge is 0.493 e. The summed E-state index contributed by atoms with van der Waals surface area (Å²) in [5, 5.41) is 3.47. The predicted octanol–water partition coefficient (Wildman–Crippen LogP) is 4.23. The number of likely N-dealkylation sites (N-methyl/N-ethyl adjacent to an activating group) is 1. The highest BCUT2D eigenvalue weighted by Crippen LogP contribution is 2.28. The van der Waals surface area contributed by atoms with E-state index in [2.05, 4.69) is 5.32 Å². The van der Waals surface area contributed by atoms with Crippen LogP contribution in [0.25, 0.3) is 0 Å². The first-order valence-corrected chi connectivity index (χ1v) is 10.8.